The van der Waals surface area contributed by atoms with Crippen molar-refractivity contribution in [2.75, 3.05) is 0 Å². The maximum absolute atomic E-state index is 12.3. The number of ketones is 1. The molecule has 1 fully saturated rings. The molecule has 1 aliphatic rings. The molecule has 1 saturated carbocycles. The lowest BCUT2D eigenvalue weighted by Crippen LogP contribution is -2.28. The molecular formula is C24H29N3O4. The third-order valence-electron chi connectivity index (χ3n) is 6.15. The molecule has 31 heavy (non-hydrogen) atoms. The number of Topliss-reactive ketones (excluding diaryl/α,β-unsaturated/α-hetero) is 1. The second-order valence-corrected chi connectivity index (χ2v) is 9.10. The van der Waals surface area contributed by atoms with Gasteiger partial charge in [0.1, 0.15) is 11.5 Å². The molecule has 3 rings (SSSR count). The molecule has 0 spiro atoms. The predicted molar refractivity (Wildman–Crippen MR) is 116 cm³/mol. The highest BCUT2D eigenvalue weighted by Crippen LogP contribution is 2.38. The van der Waals surface area contributed by atoms with Gasteiger partial charge < -0.3 is 10.8 Å². The van der Waals surface area contributed by atoms with E-state index in [1.165, 1.54) is 11.8 Å². The summed E-state index contributed by atoms with van der Waals surface area (Å²) in [6.45, 7) is 3.20. The van der Waals surface area contributed by atoms with Crippen molar-refractivity contribution in [3.05, 3.63) is 47.9 Å². The van der Waals surface area contributed by atoms with Crippen LogP contribution in [0.1, 0.15) is 74.3 Å². The third kappa shape index (κ3) is 5.75. The normalized spacial score (nSPS) is 19.0. The van der Waals surface area contributed by atoms with Crippen molar-refractivity contribution in [2.45, 2.75) is 58.3 Å². The van der Waals surface area contributed by atoms with Crippen molar-refractivity contribution in [3.63, 3.8) is 0 Å². The first-order valence-corrected chi connectivity index (χ1v) is 10.6. The first-order chi connectivity index (χ1) is 14.7. The maximum Gasteiger partial charge on any atom is 0.309 e. The number of nitrogens with zero attached hydrogens (tertiary/aromatic N) is 2. The summed E-state index contributed by atoms with van der Waals surface area (Å²) in [5, 5.41) is 9.21. The second kappa shape index (κ2) is 9.37. The van der Waals surface area contributed by atoms with Crippen LogP contribution in [0, 0.1) is 11.3 Å². The van der Waals surface area contributed by atoms with Crippen molar-refractivity contribution in [3.8, 4) is 11.3 Å². The number of aromatic nitrogens is 2. The maximum atomic E-state index is 12.3. The van der Waals surface area contributed by atoms with Gasteiger partial charge in [-0.3, -0.25) is 19.4 Å². The average Bonchev–Trinajstić information content (AvgIpc) is 2.74. The van der Waals surface area contributed by atoms with Crippen LogP contribution >= 0.6 is 0 Å². The number of carbonyl (C=O) groups excluding carboxylic acids is 2. The number of carbonyl (C=O) groups is 3. The standard InChI is InChI=1S/C24H29N3O4/c1-24(2,23(30)31)12-19(28)11-15-3-5-16(6-4-15)17-7-9-18(10-8-17)20-13-26-14-21(27-20)22(25)29/h7-10,13-16H,3-6,11-12H2,1-2H3,(H2,25,29)(H,30,31). The minimum Gasteiger partial charge on any atom is -0.481 e. The SMILES string of the molecule is CC(C)(CC(=O)CC1CCC(c2ccc(-c3cncc(C(N)=O)n3)cc2)CC1)C(=O)O. The highest BCUT2D eigenvalue weighted by atomic mass is 16.4. The monoisotopic (exact) mass is 423 g/mol. The number of amides is 1. The van der Waals surface area contributed by atoms with E-state index < -0.39 is 17.3 Å². The molecule has 1 aromatic heterocycles. The van der Waals surface area contributed by atoms with Crippen molar-refractivity contribution < 1.29 is 19.5 Å². The highest BCUT2D eigenvalue weighted by molar-refractivity contribution is 5.91. The molecule has 164 valence electrons. The summed E-state index contributed by atoms with van der Waals surface area (Å²) in [7, 11) is 0. The summed E-state index contributed by atoms with van der Waals surface area (Å²) in [5.41, 5.74) is 7.15. The molecule has 1 heterocycles. The molecule has 0 aliphatic heterocycles. The summed E-state index contributed by atoms with van der Waals surface area (Å²) in [5.74, 6) is -0.717. The van der Waals surface area contributed by atoms with Crippen molar-refractivity contribution in [2.24, 2.45) is 17.1 Å². The minimum absolute atomic E-state index is 0.0412. The van der Waals surface area contributed by atoms with Gasteiger partial charge in [0.25, 0.3) is 5.91 Å². The number of carboxylic acid groups (broad SMARTS) is 1. The smallest absolute Gasteiger partial charge is 0.309 e. The second-order valence-electron chi connectivity index (χ2n) is 9.10. The minimum atomic E-state index is -1.00. The lowest BCUT2D eigenvalue weighted by Gasteiger charge is -2.29. The summed E-state index contributed by atoms with van der Waals surface area (Å²) >= 11 is 0. The van der Waals surface area contributed by atoms with Crippen molar-refractivity contribution in [1.29, 1.82) is 0 Å². The molecule has 1 amide bonds. The van der Waals surface area contributed by atoms with Gasteiger partial charge in [-0.15, -0.1) is 0 Å². The zero-order chi connectivity index (χ0) is 22.6. The van der Waals surface area contributed by atoms with Gasteiger partial charge in [-0.25, -0.2) is 4.98 Å². The van der Waals surface area contributed by atoms with Crippen LogP contribution in [0.25, 0.3) is 11.3 Å². The van der Waals surface area contributed by atoms with E-state index in [1.807, 2.05) is 12.1 Å². The Morgan fingerprint density at radius 2 is 1.71 bits per heavy atom. The van der Waals surface area contributed by atoms with Gasteiger partial charge in [-0.2, -0.15) is 0 Å². The molecule has 7 nitrogen and oxygen atoms in total. The Hall–Kier alpha value is -3.09. The van der Waals surface area contributed by atoms with Gasteiger partial charge in [0.05, 0.1) is 23.5 Å². The summed E-state index contributed by atoms with van der Waals surface area (Å²) in [6, 6.07) is 8.13. The van der Waals surface area contributed by atoms with E-state index in [4.69, 9.17) is 5.73 Å². The van der Waals surface area contributed by atoms with Gasteiger partial charge in [-0.05, 0) is 56.9 Å². The summed E-state index contributed by atoms with van der Waals surface area (Å²) < 4.78 is 0. The number of rotatable bonds is 8. The van der Waals surface area contributed by atoms with Crippen LogP contribution in [-0.4, -0.2) is 32.7 Å². The molecule has 0 unspecified atom stereocenters. The summed E-state index contributed by atoms with van der Waals surface area (Å²) in [6.07, 6.45) is 7.48. The van der Waals surface area contributed by atoms with Crippen LogP contribution in [0.4, 0.5) is 0 Å². The molecule has 7 heteroatoms. The molecule has 0 saturated heterocycles. The Morgan fingerprint density at radius 3 is 2.29 bits per heavy atom. The lowest BCUT2D eigenvalue weighted by molar-refractivity contribution is -0.149. The van der Waals surface area contributed by atoms with E-state index >= 15 is 0 Å². The number of hydrogen-bond donors (Lipinski definition) is 2. The highest BCUT2D eigenvalue weighted by Gasteiger charge is 2.31. The molecule has 0 bridgehead atoms. The largest absolute Gasteiger partial charge is 0.481 e. The number of aliphatic carboxylic acids is 1. The van der Waals surface area contributed by atoms with Crippen molar-refractivity contribution >= 4 is 17.7 Å². The Morgan fingerprint density at radius 1 is 1.06 bits per heavy atom. The first-order valence-electron chi connectivity index (χ1n) is 10.6. The third-order valence-corrected chi connectivity index (χ3v) is 6.15. The fraction of sp³-hybridized carbons (Fsp3) is 0.458. The van der Waals surface area contributed by atoms with Crippen LogP contribution < -0.4 is 5.73 Å². The molecular weight excluding hydrogens is 394 g/mol. The van der Waals surface area contributed by atoms with E-state index in [-0.39, 0.29) is 17.9 Å². The van der Waals surface area contributed by atoms with Crippen LogP contribution in [0.3, 0.4) is 0 Å². The van der Waals surface area contributed by atoms with Gasteiger partial charge in [-0.1, -0.05) is 24.3 Å². The molecule has 2 aromatic rings. The van der Waals surface area contributed by atoms with Gasteiger partial charge in [0.15, 0.2) is 0 Å². The molecule has 0 atom stereocenters. The Labute approximate surface area is 182 Å². The number of primary amides is 1. The fourth-order valence-electron chi connectivity index (χ4n) is 4.21. The molecule has 1 aromatic carbocycles. The Bertz CT molecular complexity index is 961. The number of carboxylic acids is 1. The van der Waals surface area contributed by atoms with Gasteiger partial charge in [0, 0.05) is 18.4 Å². The summed E-state index contributed by atoms with van der Waals surface area (Å²) in [4.78, 5) is 43.1. The fourth-order valence-corrected chi connectivity index (χ4v) is 4.21. The van der Waals surface area contributed by atoms with E-state index in [2.05, 4.69) is 22.1 Å². The zero-order valence-corrected chi connectivity index (χ0v) is 18.0. The average molecular weight is 424 g/mol. The van der Waals surface area contributed by atoms with E-state index in [0.717, 1.165) is 31.2 Å². The molecule has 1 aliphatic carbocycles. The van der Waals surface area contributed by atoms with E-state index in [0.29, 0.717) is 24.0 Å². The van der Waals surface area contributed by atoms with Crippen LogP contribution in [-0.2, 0) is 9.59 Å². The van der Waals surface area contributed by atoms with Gasteiger partial charge in [0.2, 0.25) is 0 Å². The van der Waals surface area contributed by atoms with E-state index in [9.17, 15) is 19.5 Å². The quantitative estimate of drug-likeness (QED) is 0.662. The van der Waals surface area contributed by atoms with Crippen LogP contribution in [0.15, 0.2) is 36.7 Å². The Balaban J connectivity index is 1.55. The lowest BCUT2D eigenvalue weighted by atomic mass is 9.75. The van der Waals surface area contributed by atoms with Crippen LogP contribution in [0.2, 0.25) is 0 Å². The number of nitrogens with two attached hydrogens (primary N) is 1. The Kier molecular flexibility index (Phi) is 6.83. The van der Waals surface area contributed by atoms with Gasteiger partial charge >= 0.3 is 5.97 Å². The molecule has 0 radical (unpaired) electrons. The number of benzene rings is 1. The first kappa shape index (κ1) is 22.6. The molecule has 3 N–H and O–H groups in total. The topological polar surface area (TPSA) is 123 Å². The van der Waals surface area contributed by atoms with Crippen LogP contribution in [0.5, 0.6) is 0 Å². The zero-order valence-electron chi connectivity index (χ0n) is 18.0. The predicted octanol–water partition coefficient (Wildman–Crippen LogP) is 3.98. The van der Waals surface area contributed by atoms with E-state index in [1.54, 1.807) is 20.0 Å². The number of hydrogen-bond acceptors (Lipinski definition) is 5. The van der Waals surface area contributed by atoms with Crippen molar-refractivity contribution in [1.82, 2.24) is 9.97 Å².